The lowest BCUT2D eigenvalue weighted by molar-refractivity contribution is 0.104. The number of nitrogens with zero attached hydrogens (tertiary/aromatic N) is 4. The van der Waals surface area contributed by atoms with Crippen LogP contribution in [0.25, 0.3) is 11.1 Å². The number of carbonyl (C=O) groups excluding carboxylic acids is 1. The highest BCUT2D eigenvalue weighted by Gasteiger charge is 2.31. The molecule has 0 radical (unpaired) electrons. The van der Waals surface area contributed by atoms with Crippen molar-refractivity contribution in [2.75, 3.05) is 64.2 Å². The molecular formula is C25H32N4O. The van der Waals surface area contributed by atoms with Crippen molar-refractivity contribution in [3.8, 4) is 11.1 Å². The molecule has 2 aromatic carbocycles. The average Bonchev–Trinajstić information content (AvgIpc) is 3.47. The number of fused-ring (bicyclic) bond motifs is 3. The molecule has 2 saturated heterocycles. The van der Waals surface area contributed by atoms with Gasteiger partial charge in [-0.2, -0.15) is 0 Å². The van der Waals surface area contributed by atoms with Gasteiger partial charge in [-0.05, 0) is 76.4 Å². The molecule has 0 bridgehead atoms. The smallest absolute Gasteiger partial charge is 0.194 e. The van der Waals surface area contributed by atoms with Crippen LogP contribution in [0.5, 0.6) is 0 Å². The Balaban J connectivity index is 1.40. The Morgan fingerprint density at radius 1 is 0.700 bits per heavy atom. The predicted octanol–water partition coefficient (Wildman–Crippen LogP) is 3.18. The van der Waals surface area contributed by atoms with Gasteiger partial charge in [0.2, 0.25) is 0 Å². The zero-order chi connectivity index (χ0) is 21.0. The molecule has 3 aliphatic rings. The highest BCUT2D eigenvalue weighted by Crippen LogP contribution is 2.41. The van der Waals surface area contributed by atoms with E-state index in [2.05, 4.69) is 84.2 Å². The summed E-state index contributed by atoms with van der Waals surface area (Å²) in [6.07, 6.45) is 2.34. The molecular weight excluding hydrogens is 372 g/mol. The first-order chi connectivity index (χ1) is 14.4. The van der Waals surface area contributed by atoms with Crippen LogP contribution in [0.1, 0.15) is 28.8 Å². The Hall–Kier alpha value is -2.37. The largest absolute Gasteiger partial charge is 0.370 e. The molecule has 1 aliphatic carbocycles. The van der Waals surface area contributed by atoms with Gasteiger partial charge in [0.1, 0.15) is 0 Å². The lowest BCUT2D eigenvalue weighted by Gasteiger charge is -2.22. The minimum absolute atomic E-state index is 0.176. The van der Waals surface area contributed by atoms with E-state index >= 15 is 0 Å². The summed E-state index contributed by atoms with van der Waals surface area (Å²) < 4.78 is 0. The first kappa shape index (κ1) is 19.6. The van der Waals surface area contributed by atoms with E-state index in [0.717, 1.165) is 48.4 Å². The first-order valence-electron chi connectivity index (χ1n) is 11.1. The van der Waals surface area contributed by atoms with Crippen LogP contribution in [0.3, 0.4) is 0 Å². The zero-order valence-electron chi connectivity index (χ0n) is 18.6. The lowest BCUT2D eigenvalue weighted by atomic mass is 10.0. The first-order valence-corrected chi connectivity index (χ1v) is 11.1. The fourth-order valence-corrected chi connectivity index (χ4v) is 5.24. The van der Waals surface area contributed by atoms with Gasteiger partial charge in [-0.1, -0.05) is 12.1 Å². The third kappa shape index (κ3) is 3.21. The second kappa shape index (κ2) is 7.40. The molecule has 0 unspecified atom stereocenters. The third-order valence-electron chi connectivity index (χ3n) is 7.30. The van der Waals surface area contributed by atoms with Crippen LogP contribution in [0.15, 0.2) is 36.4 Å². The van der Waals surface area contributed by atoms with Crippen LogP contribution < -0.4 is 9.80 Å². The van der Waals surface area contributed by atoms with Gasteiger partial charge in [-0.15, -0.1) is 0 Å². The summed E-state index contributed by atoms with van der Waals surface area (Å²) in [6, 6.07) is 14.1. The summed E-state index contributed by atoms with van der Waals surface area (Å²) >= 11 is 0. The molecule has 2 heterocycles. The van der Waals surface area contributed by atoms with Gasteiger partial charge in [-0.3, -0.25) is 4.79 Å². The standard InChI is InChI=1S/C25H32N4O/c1-26(2)19-9-11-28(15-19)17-5-7-21-22-8-6-18(14-24(22)25(30)23(21)13-17)29-12-10-20(16-29)27(3)4/h5-8,13-14,19-20H,9-12,15-16H2,1-4H3/t19-,20-/m0/s1. The quantitative estimate of drug-likeness (QED) is 0.666. The molecule has 2 fully saturated rings. The summed E-state index contributed by atoms with van der Waals surface area (Å²) in [7, 11) is 8.59. The molecule has 0 N–H and O–H groups in total. The number of likely N-dealkylation sites (N-methyl/N-ethyl adjacent to an activating group) is 2. The Kier molecular flexibility index (Phi) is 4.83. The minimum atomic E-state index is 0.176. The van der Waals surface area contributed by atoms with Gasteiger partial charge in [0, 0.05) is 60.8 Å². The van der Waals surface area contributed by atoms with Crippen LogP contribution >= 0.6 is 0 Å². The van der Waals surface area contributed by atoms with E-state index in [0.29, 0.717) is 12.1 Å². The fraction of sp³-hybridized carbons (Fsp3) is 0.480. The van der Waals surface area contributed by atoms with Crippen molar-refractivity contribution in [1.29, 1.82) is 0 Å². The Morgan fingerprint density at radius 3 is 1.50 bits per heavy atom. The van der Waals surface area contributed by atoms with E-state index in [1.165, 1.54) is 24.2 Å². The Labute approximate surface area is 179 Å². The van der Waals surface area contributed by atoms with Crippen LogP contribution in [-0.4, -0.2) is 82.0 Å². The van der Waals surface area contributed by atoms with E-state index in [4.69, 9.17) is 0 Å². The molecule has 2 aromatic rings. The Morgan fingerprint density at radius 2 is 1.13 bits per heavy atom. The molecule has 0 amide bonds. The topological polar surface area (TPSA) is 30.0 Å². The van der Waals surface area contributed by atoms with E-state index in [9.17, 15) is 4.79 Å². The maximum Gasteiger partial charge on any atom is 0.194 e. The second-order valence-electron chi connectivity index (χ2n) is 9.49. The number of rotatable bonds is 4. The predicted molar refractivity (Wildman–Crippen MR) is 124 cm³/mol. The van der Waals surface area contributed by atoms with E-state index < -0.39 is 0 Å². The van der Waals surface area contributed by atoms with Gasteiger partial charge >= 0.3 is 0 Å². The second-order valence-corrected chi connectivity index (χ2v) is 9.49. The van der Waals surface area contributed by atoms with Crippen molar-refractivity contribution in [2.45, 2.75) is 24.9 Å². The molecule has 158 valence electrons. The van der Waals surface area contributed by atoms with Crippen molar-refractivity contribution in [2.24, 2.45) is 0 Å². The van der Waals surface area contributed by atoms with Crippen molar-refractivity contribution in [1.82, 2.24) is 9.80 Å². The molecule has 5 heteroatoms. The summed E-state index contributed by atoms with van der Waals surface area (Å²) in [6.45, 7) is 4.15. The van der Waals surface area contributed by atoms with Gasteiger partial charge < -0.3 is 19.6 Å². The summed E-state index contributed by atoms with van der Waals surface area (Å²) in [4.78, 5) is 22.7. The number of benzene rings is 2. The number of carbonyl (C=O) groups is 1. The van der Waals surface area contributed by atoms with E-state index in [1.54, 1.807) is 0 Å². The molecule has 0 aromatic heterocycles. The number of hydrogen-bond acceptors (Lipinski definition) is 5. The molecule has 30 heavy (non-hydrogen) atoms. The van der Waals surface area contributed by atoms with Crippen LogP contribution in [0.4, 0.5) is 11.4 Å². The molecule has 2 atom stereocenters. The maximum absolute atomic E-state index is 13.3. The summed E-state index contributed by atoms with van der Waals surface area (Å²) in [5, 5.41) is 0. The normalized spacial score (nSPS) is 23.1. The fourth-order valence-electron chi connectivity index (χ4n) is 5.24. The monoisotopic (exact) mass is 404 g/mol. The third-order valence-corrected chi connectivity index (χ3v) is 7.30. The van der Waals surface area contributed by atoms with Crippen molar-refractivity contribution in [3.63, 3.8) is 0 Å². The van der Waals surface area contributed by atoms with Gasteiger partial charge in [0.05, 0.1) is 0 Å². The number of ketones is 1. The average molecular weight is 405 g/mol. The Bertz CT molecular complexity index is 906. The minimum Gasteiger partial charge on any atom is -0.370 e. The highest BCUT2D eigenvalue weighted by atomic mass is 16.1. The van der Waals surface area contributed by atoms with Gasteiger partial charge in [0.25, 0.3) is 0 Å². The molecule has 0 saturated carbocycles. The van der Waals surface area contributed by atoms with E-state index in [1.807, 2.05) is 0 Å². The molecule has 5 rings (SSSR count). The van der Waals surface area contributed by atoms with Crippen LogP contribution in [0, 0.1) is 0 Å². The maximum atomic E-state index is 13.3. The highest BCUT2D eigenvalue weighted by molar-refractivity contribution is 6.22. The number of hydrogen-bond donors (Lipinski definition) is 0. The van der Waals surface area contributed by atoms with E-state index in [-0.39, 0.29) is 5.78 Å². The van der Waals surface area contributed by atoms with Gasteiger partial charge in [-0.25, -0.2) is 0 Å². The number of anilines is 2. The van der Waals surface area contributed by atoms with Gasteiger partial charge in [0.15, 0.2) is 5.78 Å². The zero-order valence-corrected chi connectivity index (χ0v) is 18.6. The SMILES string of the molecule is CN(C)[C@H]1CCN(c2ccc3c(c2)C(=O)c2cc(N4CC[C@H](N(C)C)C4)ccc2-3)C1. The van der Waals surface area contributed by atoms with Crippen LogP contribution in [-0.2, 0) is 0 Å². The van der Waals surface area contributed by atoms with Crippen LogP contribution in [0.2, 0.25) is 0 Å². The van der Waals surface area contributed by atoms with Crippen molar-refractivity contribution >= 4 is 17.2 Å². The van der Waals surface area contributed by atoms with Crippen molar-refractivity contribution in [3.05, 3.63) is 47.5 Å². The molecule has 5 nitrogen and oxygen atoms in total. The summed E-state index contributed by atoms with van der Waals surface area (Å²) in [5.74, 6) is 0.176. The molecule has 0 spiro atoms. The lowest BCUT2D eigenvalue weighted by Crippen LogP contribution is -2.31. The summed E-state index contributed by atoms with van der Waals surface area (Å²) in [5.41, 5.74) is 6.24. The van der Waals surface area contributed by atoms with Crippen molar-refractivity contribution < 1.29 is 4.79 Å². The molecule has 2 aliphatic heterocycles.